The van der Waals surface area contributed by atoms with E-state index >= 15 is 0 Å². The lowest BCUT2D eigenvalue weighted by molar-refractivity contribution is -0.122. The Bertz CT molecular complexity index is 843. The van der Waals surface area contributed by atoms with Gasteiger partial charge in [0.25, 0.3) is 5.91 Å². The molecular formula is C19H17N3OS2. The van der Waals surface area contributed by atoms with Crippen LogP contribution in [0, 0.1) is 0 Å². The number of amides is 1. The van der Waals surface area contributed by atoms with Gasteiger partial charge in [-0.2, -0.15) is 10.1 Å². The highest BCUT2D eigenvalue weighted by atomic mass is 32.2. The molecule has 0 N–H and O–H groups in total. The van der Waals surface area contributed by atoms with Gasteiger partial charge < -0.3 is 4.90 Å². The number of anilines is 1. The summed E-state index contributed by atoms with van der Waals surface area (Å²) >= 11 is 6.56. The number of nitrogens with zero attached hydrogens (tertiary/aromatic N) is 3. The summed E-state index contributed by atoms with van der Waals surface area (Å²) in [5.74, 6) is -0.195. The molecule has 0 aliphatic carbocycles. The van der Waals surface area contributed by atoms with Crippen LogP contribution in [0.4, 0.5) is 5.69 Å². The molecular weight excluding hydrogens is 350 g/mol. The summed E-state index contributed by atoms with van der Waals surface area (Å²) in [6, 6.07) is 17.6. The first kappa shape index (κ1) is 17.4. The maximum Gasteiger partial charge on any atom is 0.286 e. The van der Waals surface area contributed by atoms with Gasteiger partial charge in [-0.3, -0.25) is 4.79 Å². The van der Waals surface area contributed by atoms with Gasteiger partial charge in [-0.1, -0.05) is 54.2 Å². The average molecular weight is 367 g/mol. The molecule has 126 valence electrons. The van der Waals surface area contributed by atoms with E-state index < -0.39 is 0 Å². The molecule has 0 aromatic heterocycles. The molecule has 4 nitrogen and oxygen atoms in total. The van der Waals surface area contributed by atoms with Crippen LogP contribution in [0.2, 0.25) is 0 Å². The standard InChI is InChI=1S/C19H17N3OS2/c1-21(2)16-10-8-14(9-11-16)12-17-18(23)22(19(24)25-17)20-13-15-6-4-3-5-7-15/h3-13H,1-2H3. The van der Waals surface area contributed by atoms with Crippen LogP contribution < -0.4 is 4.90 Å². The summed E-state index contributed by atoms with van der Waals surface area (Å²) < 4.78 is 0.438. The van der Waals surface area contributed by atoms with E-state index in [0.29, 0.717) is 9.23 Å². The average Bonchev–Trinajstić information content (AvgIpc) is 2.88. The van der Waals surface area contributed by atoms with Gasteiger partial charge in [0.1, 0.15) is 0 Å². The Balaban J connectivity index is 1.77. The molecule has 0 bridgehead atoms. The highest BCUT2D eigenvalue weighted by molar-refractivity contribution is 8.26. The Hall–Kier alpha value is -2.44. The minimum Gasteiger partial charge on any atom is -0.378 e. The normalized spacial score (nSPS) is 16.2. The van der Waals surface area contributed by atoms with Crippen molar-refractivity contribution in [2.24, 2.45) is 5.10 Å². The fourth-order valence-electron chi connectivity index (χ4n) is 2.24. The number of carbonyl (C=O) groups excluding carboxylic acids is 1. The SMILES string of the molecule is CN(C)c1ccc(C=C2SC(=S)N(N=Cc3ccccc3)C2=O)cc1. The molecule has 1 saturated heterocycles. The Morgan fingerprint density at radius 1 is 1.04 bits per heavy atom. The molecule has 3 rings (SSSR count). The number of hydrogen-bond acceptors (Lipinski definition) is 5. The van der Waals surface area contributed by atoms with E-state index in [-0.39, 0.29) is 5.91 Å². The summed E-state index contributed by atoms with van der Waals surface area (Å²) in [6.45, 7) is 0. The second kappa shape index (κ2) is 7.63. The second-order valence-electron chi connectivity index (χ2n) is 5.63. The van der Waals surface area contributed by atoms with E-state index in [9.17, 15) is 4.79 Å². The molecule has 0 spiro atoms. The number of carbonyl (C=O) groups is 1. The molecule has 25 heavy (non-hydrogen) atoms. The zero-order valence-corrected chi connectivity index (χ0v) is 15.6. The zero-order valence-electron chi connectivity index (χ0n) is 13.9. The van der Waals surface area contributed by atoms with Gasteiger partial charge in [-0.25, -0.2) is 0 Å². The van der Waals surface area contributed by atoms with Crippen LogP contribution >= 0.6 is 24.0 Å². The van der Waals surface area contributed by atoms with Crippen LogP contribution in [-0.2, 0) is 4.79 Å². The van der Waals surface area contributed by atoms with E-state index in [1.165, 1.54) is 16.8 Å². The maximum absolute atomic E-state index is 12.5. The minimum absolute atomic E-state index is 0.195. The van der Waals surface area contributed by atoms with Gasteiger partial charge >= 0.3 is 0 Å². The van der Waals surface area contributed by atoms with Crippen LogP contribution in [0.15, 0.2) is 64.6 Å². The topological polar surface area (TPSA) is 35.9 Å². The number of thiocarbonyl (C=S) groups is 1. The van der Waals surface area contributed by atoms with Crippen molar-refractivity contribution in [2.45, 2.75) is 0 Å². The predicted molar refractivity (Wildman–Crippen MR) is 110 cm³/mol. The van der Waals surface area contributed by atoms with E-state index in [0.717, 1.165) is 16.8 Å². The Morgan fingerprint density at radius 2 is 1.72 bits per heavy atom. The Kier molecular flexibility index (Phi) is 5.31. The number of benzene rings is 2. The molecule has 1 heterocycles. The van der Waals surface area contributed by atoms with Crippen molar-refractivity contribution in [1.82, 2.24) is 5.01 Å². The lowest BCUT2D eigenvalue weighted by Crippen LogP contribution is -2.22. The van der Waals surface area contributed by atoms with Crippen molar-refractivity contribution in [3.05, 3.63) is 70.6 Å². The van der Waals surface area contributed by atoms with Crippen LogP contribution in [0.5, 0.6) is 0 Å². The third-order valence-electron chi connectivity index (χ3n) is 3.60. The first-order valence-electron chi connectivity index (χ1n) is 7.69. The van der Waals surface area contributed by atoms with Crippen molar-refractivity contribution >= 4 is 52.2 Å². The van der Waals surface area contributed by atoms with Gasteiger partial charge in [0.05, 0.1) is 11.1 Å². The first-order valence-corrected chi connectivity index (χ1v) is 8.91. The molecule has 0 saturated carbocycles. The molecule has 0 radical (unpaired) electrons. The summed E-state index contributed by atoms with van der Waals surface area (Å²) in [6.07, 6.45) is 3.48. The molecule has 2 aromatic carbocycles. The number of thioether (sulfide) groups is 1. The van der Waals surface area contributed by atoms with Crippen LogP contribution in [0.25, 0.3) is 6.08 Å². The fourth-order valence-corrected chi connectivity index (χ4v) is 3.42. The minimum atomic E-state index is -0.195. The number of rotatable bonds is 4. The highest BCUT2D eigenvalue weighted by Crippen LogP contribution is 2.32. The summed E-state index contributed by atoms with van der Waals surface area (Å²) in [5, 5.41) is 5.50. The fraction of sp³-hybridized carbons (Fsp3) is 0.105. The van der Waals surface area contributed by atoms with E-state index in [1.807, 2.05) is 79.7 Å². The van der Waals surface area contributed by atoms with Crippen LogP contribution in [0.1, 0.15) is 11.1 Å². The largest absolute Gasteiger partial charge is 0.378 e. The van der Waals surface area contributed by atoms with Gasteiger partial charge in [0.15, 0.2) is 4.32 Å². The molecule has 1 fully saturated rings. The molecule has 0 unspecified atom stereocenters. The lowest BCUT2D eigenvalue weighted by Gasteiger charge is -2.11. The third kappa shape index (κ3) is 4.15. The number of hydrogen-bond donors (Lipinski definition) is 0. The van der Waals surface area contributed by atoms with Gasteiger partial charge in [0, 0.05) is 19.8 Å². The third-order valence-corrected chi connectivity index (χ3v) is 4.89. The van der Waals surface area contributed by atoms with Crippen molar-refractivity contribution in [3.8, 4) is 0 Å². The molecule has 0 atom stereocenters. The summed E-state index contributed by atoms with van der Waals surface area (Å²) in [4.78, 5) is 15.2. The number of hydrazone groups is 1. The quantitative estimate of drug-likeness (QED) is 0.465. The summed E-state index contributed by atoms with van der Waals surface area (Å²) in [5.41, 5.74) is 2.98. The van der Waals surface area contributed by atoms with E-state index in [4.69, 9.17) is 12.2 Å². The van der Waals surface area contributed by atoms with Crippen molar-refractivity contribution in [3.63, 3.8) is 0 Å². The molecule has 1 aliphatic rings. The Labute approximate surface area is 156 Å². The molecule has 6 heteroatoms. The molecule has 1 aliphatic heterocycles. The molecule has 1 amide bonds. The van der Waals surface area contributed by atoms with Crippen LogP contribution in [-0.4, -0.2) is 35.5 Å². The van der Waals surface area contributed by atoms with Crippen molar-refractivity contribution in [2.75, 3.05) is 19.0 Å². The van der Waals surface area contributed by atoms with Gasteiger partial charge in [-0.05, 0) is 41.6 Å². The molecule has 2 aromatic rings. The second-order valence-corrected chi connectivity index (χ2v) is 7.31. The highest BCUT2D eigenvalue weighted by Gasteiger charge is 2.31. The predicted octanol–water partition coefficient (Wildman–Crippen LogP) is 3.99. The van der Waals surface area contributed by atoms with Gasteiger partial charge in [0.2, 0.25) is 0 Å². The van der Waals surface area contributed by atoms with Crippen molar-refractivity contribution < 1.29 is 4.79 Å². The monoisotopic (exact) mass is 367 g/mol. The van der Waals surface area contributed by atoms with E-state index in [2.05, 4.69) is 5.10 Å². The Morgan fingerprint density at radius 3 is 2.36 bits per heavy atom. The zero-order chi connectivity index (χ0) is 17.8. The van der Waals surface area contributed by atoms with Crippen molar-refractivity contribution in [1.29, 1.82) is 0 Å². The van der Waals surface area contributed by atoms with Crippen LogP contribution in [0.3, 0.4) is 0 Å². The first-order chi connectivity index (χ1) is 12.0. The smallest absolute Gasteiger partial charge is 0.286 e. The maximum atomic E-state index is 12.5. The van der Waals surface area contributed by atoms with E-state index in [1.54, 1.807) is 6.21 Å². The lowest BCUT2D eigenvalue weighted by atomic mass is 10.2. The summed E-state index contributed by atoms with van der Waals surface area (Å²) in [7, 11) is 3.98. The van der Waals surface area contributed by atoms with Gasteiger partial charge in [-0.15, -0.1) is 0 Å².